The normalized spacial score (nSPS) is 26.1. The van der Waals surface area contributed by atoms with Crippen molar-refractivity contribution in [2.45, 2.75) is 31.7 Å². The molecule has 2 aliphatic rings. The second-order valence-corrected chi connectivity index (χ2v) is 5.58. The Morgan fingerprint density at radius 1 is 1.33 bits per heavy atom. The van der Waals surface area contributed by atoms with Gasteiger partial charge in [0.15, 0.2) is 0 Å². The molecule has 1 aromatic rings. The highest BCUT2D eigenvalue weighted by atomic mass is 16.5. The summed E-state index contributed by atoms with van der Waals surface area (Å²) in [4.78, 5) is 0. The summed E-state index contributed by atoms with van der Waals surface area (Å²) in [6, 6.07) is 6.58. The summed E-state index contributed by atoms with van der Waals surface area (Å²) >= 11 is 0. The molecular weight excluding hydrogens is 226 g/mol. The second-order valence-electron chi connectivity index (χ2n) is 5.58. The third-order valence-corrected chi connectivity index (χ3v) is 3.94. The van der Waals surface area contributed by atoms with Gasteiger partial charge in [-0.2, -0.15) is 0 Å². The molecule has 0 spiro atoms. The lowest BCUT2D eigenvalue weighted by Gasteiger charge is -2.23. The van der Waals surface area contributed by atoms with Gasteiger partial charge in [-0.3, -0.25) is 0 Å². The van der Waals surface area contributed by atoms with E-state index < -0.39 is 0 Å². The number of fused-ring (bicyclic) bond motifs is 1. The Balaban J connectivity index is 1.54. The van der Waals surface area contributed by atoms with E-state index in [2.05, 4.69) is 30.4 Å². The molecule has 2 heterocycles. The molecule has 0 bridgehead atoms. The number of benzene rings is 1. The Morgan fingerprint density at radius 3 is 3.11 bits per heavy atom. The minimum Gasteiger partial charge on any atom is -0.493 e. The van der Waals surface area contributed by atoms with E-state index >= 15 is 0 Å². The number of nitrogens with one attached hydrogen (secondary N) is 1. The van der Waals surface area contributed by atoms with Gasteiger partial charge in [-0.05, 0) is 43.5 Å². The molecule has 0 amide bonds. The van der Waals surface area contributed by atoms with Gasteiger partial charge in [-0.25, -0.2) is 0 Å². The Bertz CT molecular complexity index is 425. The van der Waals surface area contributed by atoms with E-state index in [4.69, 9.17) is 9.47 Å². The molecule has 1 unspecified atom stereocenters. The molecule has 3 rings (SSSR count). The van der Waals surface area contributed by atoms with E-state index in [0.717, 1.165) is 51.4 Å². The maximum Gasteiger partial charge on any atom is 0.122 e. The van der Waals surface area contributed by atoms with Gasteiger partial charge in [-0.15, -0.1) is 0 Å². The molecule has 1 fully saturated rings. The van der Waals surface area contributed by atoms with Gasteiger partial charge in [0.05, 0.1) is 13.2 Å². The summed E-state index contributed by atoms with van der Waals surface area (Å²) in [6.07, 6.45) is 3.25. The van der Waals surface area contributed by atoms with E-state index in [1.807, 2.05) is 0 Å². The van der Waals surface area contributed by atoms with Crippen LogP contribution in [0.15, 0.2) is 18.2 Å². The van der Waals surface area contributed by atoms with Gasteiger partial charge in [-0.1, -0.05) is 12.1 Å². The number of hydrogen-bond donors (Lipinski definition) is 1. The third-order valence-electron chi connectivity index (χ3n) is 3.94. The fourth-order valence-electron chi connectivity index (χ4n) is 2.71. The summed E-state index contributed by atoms with van der Waals surface area (Å²) in [5.41, 5.74) is 2.94. The Morgan fingerprint density at radius 2 is 2.28 bits per heavy atom. The summed E-state index contributed by atoms with van der Waals surface area (Å²) in [7, 11) is 0. The van der Waals surface area contributed by atoms with Gasteiger partial charge in [0.1, 0.15) is 5.75 Å². The lowest BCUT2D eigenvalue weighted by atomic mass is 10.0. The molecule has 98 valence electrons. The molecule has 0 radical (unpaired) electrons. The van der Waals surface area contributed by atoms with E-state index in [9.17, 15) is 0 Å². The van der Waals surface area contributed by atoms with E-state index in [-0.39, 0.29) is 5.54 Å². The van der Waals surface area contributed by atoms with Crippen LogP contribution in [0.5, 0.6) is 5.75 Å². The van der Waals surface area contributed by atoms with Crippen LogP contribution in [0.3, 0.4) is 0 Å². The molecule has 1 atom stereocenters. The molecule has 1 N–H and O–H groups in total. The first-order valence-electron chi connectivity index (χ1n) is 6.83. The van der Waals surface area contributed by atoms with Crippen molar-refractivity contribution in [3.05, 3.63) is 29.3 Å². The summed E-state index contributed by atoms with van der Waals surface area (Å²) in [6.45, 7) is 5.83. The van der Waals surface area contributed by atoms with Crippen LogP contribution in [0.25, 0.3) is 0 Å². The largest absolute Gasteiger partial charge is 0.493 e. The van der Waals surface area contributed by atoms with Crippen molar-refractivity contribution in [2.24, 2.45) is 0 Å². The molecule has 0 aromatic heterocycles. The Labute approximate surface area is 108 Å². The van der Waals surface area contributed by atoms with Crippen LogP contribution in [-0.4, -0.2) is 31.9 Å². The van der Waals surface area contributed by atoms with Crippen LogP contribution in [0.2, 0.25) is 0 Å². The van der Waals surface area contributed by atoms with Gasteiger partial charge < -0.3 is 14.8 Å². The van der Waals surface area contributed by atoms with Crippen LogP contribution in [-0.2, 0) is 17.6 Å². The minimum absolute atomic E-state index is 0.180. The summed E-state index contributed by atoms with van der Waals surface area (Å²) < 4.78 is 11.0. The predicted octanol–water partition coefficient (Wildman–Crippen LogP) is 1.93. The Kier molecular flexibility index (Phi) is 3.27. The predicted molar refractivity (Wildman–Crippen MR) is 71.2 cm³/mol. The van der Waals surface area contributed by atoms with Gasteiger partial charge in [0, 0.05) is 18.6 Å². The van der Waals surface area contributed by atoms with Crippen LogP contribution >= 0.6 is 0 Å². The molecule has 1 aromatic carbocycles. The summed E-state index contributed by atoms with van der Waals surface area (Å²) in [5.74, 6) is 1.07. The molecule has 3 nitrogen and oxygen atoms in total. The van der Waals surface area contributed by atoms with Gasteiger partial charge in [0.2, 0.25) is 0 Å². The standard InChI is InChI=1S/C15H21NO2/c1-15(6-9-17-11-15)16-7-4-12-2-3-14-13(10-12)5-8-18-14/h2-3,10,16H,4-9,11H2,1H3. The molecule has 2 aliphatic heterocycles. The quantitative estimate of drug-likeness (QED) is 0.882. The zero-order chi connectivity index (χ0) is 12.4. The lowest BCUT2D eigenvalue weighted by molar-refractivity contribution is 0.172. The zero-order valence-corrected chi connectivity index (χ0v) is 11.0. The SMILES string of the molecule is CC1(NCCc2ccc3c(c2)CCO3)CCOC1. The van der Waals surface area contributed by atoms with Crippen LogP contribution < -0.4 is 10.1 Å². The second kappa shape index (κ2) is 4.90. The molecule has 0 aliphatic carbocycles. The van der Waals surface area contributed by atoms with Crippen molar-refractivity contribution in [1.29, 1.82) is 0 Å². The highest BCUT2D eigenvalue weighted by molar-refractivity contribution is 5.39. The number of ether oxygens (including phenoxy) is 2. The first-order chi connectivity index (χ1) is 8.75. The van der Waals surface area contributed by atoms with Crippen molar-refractivity contribution in [3.8, 4) is 5.75 Å². The fourth-order valence-corrected chi connectivity index (χ4v) is 2.71. The highest BCUT2D eigenvalue weighted by Crippen LogP contribution is 2.26. The van der Waals surface area contributed by atoms with Crippen molar-refractivity contribution in [1.82, 2.24) is 5.32 Å². The van der Waals surface area contributed by atoms with Crippen molar-refractivity contribution < 1.29 is 9.47 Å². The maximum atomic E-state index is 5.52. The maximum absolute atomic E-state index is 5.52. The van der Waals surface area contributed by atoms with E-state index in [0.29, 0.717) is 0 Å². The van der Waals surface area contributed by atoms with Crippen LogP contribution in [0.4, 0.5) is 0 Å². The van der Waals surface area contributed by atoms with Gasteiger partial charge >= 0.3 is 0 Å². The van der Waals surface area contributed by atoms with E-state index in [1.165, 1.54) is 11.1 Å². The molecule has 3 heteroatoms. The van der Waals surface area contributed by atoms with Crippen LogP contribution in [0, 0.1) is 0 Å². The van der Waals surface area contributed by atoms with E-state index in [1.54, 1.807) is 0 Å². The molecular formula is C15H21NO2. The van der Waals surface area contributed by atoms with Gasteiger partial charge in [0.25, 0.3) is 0 Å². The first kappa shape index (κ1) is 12.0. The first-order valence-corrected chi connectivity index (χ1v) is 6.83. The summed E-state index contributed by atoms with van der Waals surface area (Å²) in [5, 5.41) is 3.62. The van der Waals surface area contributed by atoms with Crippen molar-refractivity contribution in [2.75, 3.05) is 26.4 Å². The Hall–Kier alpha value is -1.06. The monoisotopic (exact) mass is 247 g/mol. The zero-order valence-electron chi connectivity index (χ0n) is 11.0. The third kappa shape index (κ3) is 2.52. The molecule has 0 saturated carbocycles. The average Bonchev–Trinajstić information content (AvgIpc) is 2.97. The minimum atomic E-state index is 0.180. The average molecular weight is 247 g/mol. The van der Waals surface area contributed by atoms with Crippen LogP contribution in [0.1, 0.15) is 24.5 Å². The van der Waals surface area contributed by atoms with Crippen molar-refractivity contribution >= 4 is 0 Å². The van der Waals surface area contributed by atoms with Crippen molar-refractivity contribution in [3.63, 3.8) is 0 Å². The number of hydrogen-bond acceptors (Lipinski definition) is 3. The number of rotatable bonds is 4. The topological polar surface area (TPSA) is 30.5 Å². The smallest absolute Gasteiger partial charge is 0.122 e. The molecule has 18 heavy (non-hydrogen) atoms. The highest BCUT2D eigenvalue weighted by Gasteiger charge is 2.28. The lowest BCUT2D eigenvalue weighted by Crippen LogP contribution is -2.43. The molecule has 1 saturated heterocycles. The fraction of sp³-hybridized carbons (Fsp3) is 0.600.